The highest BCUT2D eigenvalue weighted by Gasteiger charge is 2.22. The van der Waals surface area contributed by atoms with Gasteiger partial charge in [-0.25, -0.2) is 8.78 Å². The zero-order chi connectivity index (χ0) is 24.0. The number of piperazine rings is 1. The molecule has 3 aromatic heterocycles. The molecule has 1 amide bonds. The zero-order valence-electron chi connectivity index (χ0n) is 18.3. The lowest BCUT2D eigenvalue weighted by atomic mass is 10.1. The minimum absolute atomic E-state index is 0.0198. The molecule has 0 bridgehead atoms. The summed E-state index contributed by atoms with van der Waals surface area (Å²) >= 11 is 0. The van der Waals surface area contributed by atoms with Crippen LogP contribution in [0.5, 0.6) is 0 Å². The highest BCUT2D eigenvalue weighted by atomic mass is 19.1. The van der Waals surface area contributed by atoms with Crippen molar-refractivity contribution in [2.45, 2.75) is 6.92 Å². The van der Waals surface area contributed by atoms with E-state index in [-0.39, 0.29) is 17.1 Å². The van der Waals surface area contributed by atoms with Gasteiger partial charge in [0.25, 0.3) is 5.56 Å². The van der Waals surface area contributed by atoms with Gasteiger partial charge in [-0.15, -0.1) is 0 Å². The van der Waals surface area contributed by atoms with E-state index < -0.39 is 22.9 Å². The van der Waals surface area contributed by atoms with Crippen molar-refractivity contribution < 1.29 is 13.6 Å². The Morgan fingerprint density at radius 2 is 1.79 bits per heavy atom. The smallest absolute Gasteiger partial charge is 0.268 e. The summed E-state index contributed by atoms with van der Waals surface area (Å²) in [6, 6.07) is 7.00. The lowest BCUT2D eigenvalue weighted by Crippen LogP contribution is -2.48. The summed E-state index contributed by atoms with van der Waals surface area (Å²) in [7, 11) is 0. The first kappa shape index (κ1) is 21.6. The first-order valence-corrected chi connectivity index (χ1v) is 10.7. The predicted molar refractivity (Wildman–Crippen MR) is 124 cm³/mol. The van der Waals surface area contributed by atoms with E-state index in [0.717, 1.165) is 22.4 Å². The third-order valence-electron chi connectivity index (χ3n) is 6.05. The summed E-state index contributed by atoms with van der Waals surface area (Å²) in [4.78, 5) is 33.1. The van der Waals surface area contributed by atoms with E-state index in [1.54, 1.807) is 24.1 Å². The zero-order valence-corrected chi connectivity index (χ0v) is 18.3. The third-order valence-corrected chi connectivity index (χ3v) is 6.05. The van der Waals surface area contributed by atoms with E-state index in [0.29, 0.717) is 43.0 Å². The fourth-order valence-corrected chi connectivity index (χ4v) is 4.23. The average molecular weight is 465 g/mol. The molecule has 0 spiro atoms. The van der Waals surface area contributed by atoms with Crippen molar-refractivity contribution in [3.8, 4) is 16.9 Å². The van der Waals surface area contributed by atoms with Crippen molar-refractivity contribution in [1.29, 1.82) is 0 Å². The molecule has 5 rings (SSSR count). The number of pyridine rings is 2. The number of fused-ring (bicyclic) bond motifs is 1. The van der Waals surface area contributed by atoms with E-state index in [4.69, 9.17) is 5.73 Å². The maximum absolute atomic E-state index is 14.5. The normalized spacial score (nSPS) is 14.1. The Kier molecular flexibility index (Phi) is 5.23. The second kappa shape index (κ2) is 8.25. The number of carbonyl (C=O) groups excluding carboxylic acids is 1. The molecule has 1 saturated heterocycles. The number of para-hydroxylation sites is 1. The molecule has 1 aliphatic rings. The largest absolute Gasteiger partial charge is 0.382 e. The van der Waals surface area contributed by atoms with E-state index in [2.05, 4.69) is 20.1 Å². The van der Waals surface area contributed by atoms with Crippen LogP contribution in [0.25, 0.3) is 27.8 Å². The number of hydrogen-bond acceptors (Lipinski definition) is 6. The first-order valence-electron chi connectivity index (χ1n) is 10.7. The molecule has 4 aromatic rings. The number of nitrogens with one attached hydrogen (secondary N) is 1. The van der Waals surface area contributed by atoms with Gasteiger partial charge in [-0.3, -0.25) is 24.2 Å². The van der Waals surface area contributed by atoms with Crippen molar-refractivity contribution in [3.05, 3.63) is 64.7 Å². The second-order valence-electron chi connectivity index (χ2n) is 8.04. The topological polar surface area (TPSA) is 113 Å². The van der Waals surface area contributed by atoms with Crippen LogP contribution in [0.3, 0.4) is 0 Å². The number of halogens is 2. The molecular formula is C23H21F2N7O2. The Labute approximate surface area is 192 Å². The molecule has 0 radical (unpaired) electrons. The van der Waals surface area contributed by atoms with Crippen molar-refractivity contribution >= 4 is 28.3 Å². The van der Waals surface area contributed by atoms with Gasteiger partial charge in [-0.1, -0.05) is 6.07 Å². The maximum Gasteiger partial charge on any atom is 0.268 e. The molecule has 1 aliphatic heterocycles. The van der Waals surface area contributed by atoms with Gasteiger partial charge >= 0.3 is 0 Å². The van der Waals surface area contributed by atoms with Gasteiger partial charge < -0.3 is 15.5 Å². The molecule has 0 unspecified atom stereocenters. The van der Waals surface area contributed by atoms with Gasteiger partial charge in [0.15, 0.2) is 5.82 Å². The molecule has 11 heteroatoms. The number of nitrogen functional groups attached to an aromatic ring is 1. The molecule has 174 valence electrons. The lowest BCUT2D eigenvalue weighted by Gasteiger charge is -2.35. The predicted octanol–water partition coefficient (Wildman–Crippen LogP) is 2.30. The second-order valence-corrected chi connectivity index (χ2v) is 8.04. The van der Waals surface area contributed by atoms with Crippen LogP contribution in [0, 0.1) is 11.6 Å². The van der Waals surface area contributed by atoms with Crippen LogP contribution >= 0.6 is 0 Å². The fraction of sp³-hybridized carbons (Fsp3) is 0.217. The molecular weight excluding hydrogens is 444 g/mol. The number of benzene rings is 1. The fourth-order valence-electron chi connectivity index (χ4n) is 4.23. The van der Waals surface area contributed by atoms with E-state index >= 15 is 0 Å². The number of carbonyl (C=O) groups is 1. The summed E-state index contributed by atoms with van der Waals surface area (Å²) < 4.78 is 29.9. The Bertz CT molecular complexity index is 1430. The number of nitrogens with zero attached hydrogens (tertiary/aromatic N) is 5. The van der Waals surface area contributed by atoms with Crippen LogP contribution < -0.4 is 16.2 Å². The van der Waals surface area contributed by atoms with E-state index in [1.165, 1.54) is 12.3 Å². The van der Waals surface area contributed by atoms with Crippen LogP contribution in [-0.4, -0.2) is 56.7 Å². The van der Waals surface area contributed by atoms with E-state index in [1.807, 2.05) is 6.07 Å². The SMILES string of the molecule is CC(=O)N1CCN(c2ccc(-c3cn(-c4c(F)cccc4F)c(=O)c4c(N)n[nH]c34)nc2)CC1. The average Bonchev–Trinajstić information content (AvgIpc) is 3.22. The third kappa shape index (κ3) is 3.54. The maximum atomic E-state index is 14.5. The Hall–Kier alpha value is -4.28. The van der Waals surface area contributed by atoms with Crippen molar-refractivity contribution in [3.63, 3.8) is 0 Å². The number of rotatable bonds is 3. The van der Waals surface area contributed by atoms with Gasteiger partial charge in [0, 0.05) is 44.9 Å². The quantitative estimate of drug-likeness (QED) is 0.480. The van der Waals surface area contributed by atoms with Gasteiger partial charge in [0.05, 0.1) is 23.1 Å². The van der Waals surface area contributed by atoms with Crippen LogP contribution in [0.15, 0.2) is 47.5 Å². The van der Waals surface area contributed by atoms with Crippen molar-refractivity contribution in [2.24, 2.45) is 0 Å². The van der Waals surface area contributed by atoms with Crippen LogP contribution in [0.1, 0.15) is 6.92 Å². The molecule has 34 heavy (non-hydrogen) atoms. The van der Waals surface area contributed by atoms with E-state index in [9.17, 15) is 18.4 Å². The first-order chi connectivity index (χ1) is 16.3. The standard InChI is InChI=1S/C23H21F2N7O2/c1-13(33)30-7-9-31(10-8-30)14-5-6-18(27-11-14)15-12-32(21-16(24)3-2-4-17(21)25)23(34)19-20(15)28-29-22(19)26/h2-6,11-12H,7-10H2,1H3,(H3,26,28,29). The Morgan fingerprint density at radius 1 is 1.09 bits per heavy atom. The molecule has 0 aliphatic carbocycles. The summed E-state index contributed by atoms with van der Waals surface area (Å²) in [5.41, 5.74) is 6.77. The van der Waals surface area contributed by atoms with Crippen molar-refractivity contribution in [1.82, 2.24) is 24.6 Å². The molecule has 1 aromatic carbocycles. The molecule has 3 N–H and O–H groups in total. The number of H-pyrrole nitrogens is 1. The number of amides is 1. The van der Waals surface area contributed by atoms with Crippen LogP contribution in [0.2, 0.25) is 0 Å². The molecule has 0 atom stereocenters. The lowest BCUT2D eigenvalue weighted by molar-refractivity contribution is -0.129. The minimum atomic E-state index is -0.887. The molecule has 4 heterocycles. The molecule has 9 nitrogen and oxygen atoms in total. The van der Waals surface area contributed by atoms with Crippen LogP contribution in [0.4, 0.5) is 20.3 Å². The van der Waals surface area contributed by atoms with Gasteiger partial charge in [0.2, 0.25) is 5.91 Å². The molecule has 1 fully saturated rings. The highest BCUT2D eigenvalue weighted by Crippen LogP contribution is 2.29. The summed E-state index contributed by atoms with van der Waals surface area (Å²) in [5, 5.41) is 6.67. The number of aromatic nitrogens is 4. The molecule has 0 saturated carbocycles. The Balaban J connectivity index is 1.57. The summed E-state index contributed by atoms with van der Waals surface area (Å²) in [6.45, 7) is 4.18. The Morgan fingerprint density at radius 3 is 2.41 bits per heavy atom. The van der Waals surface area contributed by atoms with Gasteiger partial charge in [-0.05, 0) is 24.3 Å². The number of aromatic amines is 1. The van der Waals surface area contributed by atoms with Gasteiger partial charge in [0.1, 0.15) is 22.7 Å². The summed E-state index contributed by atoms with van der Waals surface area (Å²) in [5.74, 6) is -1.80. The van der Waals surface area contributed by atoms with Crippen LogP contribution in [-0.2, 0) is 4.79 Å². The van der Waals surface area contributed by atoms with Crippen molar-refractivity contribution in [2.75, 3.05) is 36.8 Å². The number of hydrogen-bond donors (Lipinski definition) is 2. The highest BCUT2D eigenvalue weighted by molar-refractivity contribution is 5.97. The number of nitrogens with two attached hydrogens (primary N) is 1. The monoisotopic (exact) mass is 465 g/mol. The minimum Gasteiger partial charge on any atom is -0.382 e. The van der Waals surface area contributed by atoms with Gasteiger partial charge in [-0.2, -0.15) is 5.10 Å². The summed E-state index contributed by atoms with van der Waals surface area (Å²) in [6.07, 6.45) is 3.01. The number of anilines is 2.